The number of aromatic nitrogens is 1. The topological polar surface area (TPSA) is 55.5 Å². The summed E-state index contributed by atoms with van der Waals surface area (Å²) in [6.45, 7) is 3.56. The van der Waals surface area contributed by atoms with Crippen LogP contribution < -0.4 is 0 Å². The Kier molecular flexibility index (Phi) is 3.52. The number of para-hydroxylation sites is 2. The third kappa shape index (κ3) is 2.50. The zero-order valence-corrected chi connectivity index (χ0v) is 11.7. The first-order valence-electron chi connectivity index (χ1n) is 6.38. The van der Waals surface area contributed by atoms with E-state index in [1.807, 2.05) is 24.3 Å². The molecule has 0 radical (unpaired) electrons. The molecule has 0 aliphatic carbocycles. The van der Waals surface area contributed by atoms with Crippen molar-refractivity contribution in [2.24, 2.45) is 5.41 Å². The van der Waals surface area contributed by atoms with Crippen LogP contribution in [0.3, 0.4) is 0 Å². The molecule has 3 rings (SSSR count). The van der Waals surface area contributed by atoms with Crippen LogP contribution in [0.1, 0.15) is 18.1 Å². The Balaban J connectivity index is 1.68. The number of hydrogen-bond donors (Lipinski definition) is 1. The highest BCUT2D eigenvalue weighted by Gasteiger charge is 2.38. The van der Waals surface area contributed by atoms with Crippen molar-refractivity contribution in [1.82, 2.24) is 4.98 Å². The maximum absolute atomic E-state index is 9.40. The molecule has 2 aromatic rings. The molecule has 1 aliphatic heterocycles. The van der Waals surface area contributed by atoms with Gasteiger partial charge in [-0.1, -0.05) is 12.1 Å². The van der Waals surface area contributed by atoms with Crippen molar-refractivity contribution in [3.63, 3.8) is 0 Å². The summed E-state index contributed by atoms with van der Waals surface area (Å²) in [5.74, 6) is 1.61. The van der Waals surface area contributed by atoms with Gasteiger partial charge >= 0.3 is 0 Å². The predicted molar refractivity (Wildman–Crippen MR) is 75.2 cm³/mol. The van der Waals surface area contributed by atoms with Crippen LogP contribution in [0, 0.1) is 5.41 Å². The van der Waals surface area contributed by atoms with E-state index in [1.165, 1.54) is 0 Å². The number of aliphatic hydroxyl groups is 1. The third-order valence-electron chi connectivity index (χ3n) is 3.45. The number of rotatable bonds is 5. The van der Waals surface area contributed by atoms with Gasteiger partial charge in [-0.15, -0.1) is 11.8 Å². The van der Waals surface area contributed by atoms with Gasteiger partial charge in [0.15, 0.2) is 5.58 Å². The first kappa shape index (κ1) is 13.0. The number of ether oxygens (including phenoxy) is 1. The van der Waals surface area contributed by atoms with Gasteiger partial charge in [-0.2, -0.15) is 0 Å². The van der Waals surface area contributed by atoms with Gasteiger partial charge in [-0.25, -0.2) is 4.98 Å². The van der Waals surface area contributed by atoms with Gasteiger partial charge in [0.25, 0.3) is 0 Å². The number of oxazole rings is 1. The fourth-order valence-corrected chi connectivity index (χ4v) is 3.15. The number of hydrogen-bond acceptors (Lipinski definition) is 5. The second-order valence-corrected chi connectivity index (χ2v) is 6.45. The summed E-state index contributed by atoms with van der Waals surface area (Å²) in [5.41, 5.74) is 1.66. The number of nitrogens with zero attached hydrogens (tertiary/aromatic N) is 1. The molecule has 0 bridgehead atoms. The summed E-state index contributed by atoms with van der Waals surface area (Å²) in [4.78, 5) is 4.50. The summed E-state index contributed by atoms with van der Waals surface area (Å²) in [7, 11) is 0. The second kappa shape index (κ2) is 5.15. The standard InChI is InChI=1S/C14H17NO3S/c1-10(19-9-14(6-16)7-17-8-14)13-15-11-4-2-3-5-12(11)18-13/h2-5,10,16H,6-9H2,1H3. The van der Waals surface area contributed by atoms with Crippen LogP contribution in [0.15, 0.2) is 28.7 Å². The van der Waals surface area contributed by atoms with Crippen molar-refractivity contribution in [2.45, 2.75) is 12.2 Å². The molecule has 1 aromatic heterocycles. The van der Waals surface area contributed by atoms with Crippen molar-refractivity contribution in [2.75, 3.05) is 25.6 Å². The minimum absolute atomic E-state index is 0.0645. The van der Waals surface area contributed by atoms with Gasteiger partial charge in [0.2, 0.25) is 5.89 Å². The Morgan fingerprint density at radius 1 is 1.42 bits per heavy atom. The molecule has 1 atom stereocenters. The van der Waals surface area contributed by atoms with Crippen molar-refractivity contribution in [3.8, 4) is 0 Å². The molecule has 0 spiro atoms. The molecule has 1 unspecified atom stereocenters. The van der Waals surface area contributed by atoms with Crippen molar-refractivity contribution >= 4 is 22.9 Å². The zero-order chi connectivity index (χ0) is 13.3. The van der Waals surface area contributed by atoms with Crippen LogP contribution in [-0.4, -0.2) is 35.7 Å². The second-order valence-electron chi connectivity index (χ2n) is 5.12. The van der Waals surface area contributed by atoms with E-state index >= 15 is 0 Å². The molecule has 1 fully saturated rings. The van der Waals surface area contributed by atoms with E-state index < -0.39 is 0 Å². The Hall–Kier alpha value is -1.04. The molecular formula is C14H17NO3S. The highest BCUT2D eigenvalue weighted by Crippen LogP contribution is 2.37. The minimum Gasteiger partial charge on any atom is -0.439 e. The first-order chi connectivity index (χ1) is 9.22. The number of benzene rings is 1. The lowest BCUT2D eigenvalue weighted by molar-refractivity contribution is -0.121. The molecule has 1 aliphatic rings. The summed E-state index contributed by atoms with van der Waals surface area (Å²) in [6, 6.07) is 7.79. The summed E-state index contributed by atoms with van der Waals surface area (Å²) < 4.78 is 11.0. The molecule has 5 heteroatoms. The van der Waals surface area contributed by atoms with Gasteiger partial charge in [0.05, 0.1) is 25.1 Å². The molecule has 102 valence electrons. The quantitative estimate of drug-likeness (QED) is 0.911. The van der Waals surface area contributed by atoms with Gasteiger partial charge in [-0.3, -0.25) is 0 Å². The first-order valence-corrected chi connectivity index (χ1v) is 7.43. The SMILES string of the molecule is CC(SCC1(CO)COC1)c1nc2ccccc2o1. The normalized spacial score (nSPS) is 19.3. The zero-order valence-electron chi connectivity index (χ0n) is 10.8. The van der Waals surface area contributed by atoms with Crippen molar-refractivity contribution in [1.29, 1.82) is 0 Å². The maximum Gasteiger partial charge on any atom is 0.208 e. The smallest absolute Gasteiger partial charge is 0.208 e. The largest absolute Gasteiger partial charge is 0.439 e. The molecule has 4 nitrogen and oxygen atoms in total. The average Bonchev–Trinajstić information content (AvgIpc) is 2.81. The monoisotopic (exact) mass is 279 g/mol. The van der Waals surface area contributed by atoms with E-state index in [0.29, 0.717) is 13.2 Å². The fourth-order valence-electron chi connectivity index (χ4n) is 2.05. The summed E-state index contributed by atoms with van der Waals surface area (Å²) >= 11 is 1.76. The molecule has 1 saturated heterocycles. The Labute approximate surface area is 116 Å². The maximum atomic E-state index is 9.40. The predicted octanol–water partition coefficient (Wildman–Crippen LogP) is 2.63. The average molecular weight is 279 g/mol. The van der Waals surface area contributed by atoms with Gasteiger partial charge in [0, 0.05) is 11.2 Å². The van der Waals surface area contributed by atoms with Crippen LogP contribution in [0.2, 0.25) is 0 Å². The van der Waals surface area contributed by atoms with Gasteiger partial charge in [0.1, 0.15) is 5.52 Å². The molecule has 2 heterocycles. The van der Waals surface area contributed by atoms with E-state index in [0.717, 1.165) is 22.7 Å². The molecule has 19 heavy (non-hydrogen) atoms. The van der Waals surface area contributed by atoms with Crippen LogP contribution in [0.4, 0.5) is 0 Å². The van der Waals surface area contributed by atoms with Crippen molar-refractivity contribution < 1.29 is 14.3 Å². The van der Waals surface area contributed by atoms with E-state index in [1.54, 1.807) is 11.8 Å². The van der Waals surface area contributed by atoms with Crippen LogP contribution in [0.25, 0.3) is 11.1 Å². The highest BCUT2D eigenvalue weighted by molar-refractivity contribution is 7.99. The lowest BCUT2D eigenvalue weighted by Gasteiger charge is -2.39. The lowest BCUT2D eigenvalue weighted by Crippen LogP contribution is -2.47. The number of thioether (sulfide) groups is 1. The Bertz CT molecular complexity index is 526. The molecule has 0 amide bonds. The third-order valence-corrected chi connectivity index (χ3v) is 4.93. The Morgan fingerprint density at radius 2 is 2.21 bits per heavy atom. The van der Waals surface area contributed by atoms with Crippen LogP contribution >= 0.6 is 11.8 Å². The molecule has 1 N–H and O–H groups in total. The van der Waals surface area contributed by atoms with Crippen LogP contribution in [0.5, 0.6) is 0 Å². The number of aliphatic hydroxyl groups excluding tert-OH is 1. The van der Waals surface area contributed by atoms with Gasteiger partial charge in [-0.05, 0) is 19.1 Å². The molecular weight excluding hydrogens is 262 g/mol. The fraction of sp³-hybridized carbons (Fsp3) is 0.500. The minimum atomic E-state index is -0.0645. The Morgan fingerprint density at radius 3 is 2.84 bits per heavy atom. The number of fused-ring (bicyclic) bond motifs is 1. The van der Waals surface area contributed by atoms with E-state index in [9.17, 15) is 5.11 Å². The van der Waals surface area contributed by atoms with Crippen LogP contribution in [-0.2, 0) is 4.74 Å². The van der Waals surface area contributed by atoms with E-state index in [4.69, 9.17) is 9.15 Å². The molecule has 0 saturated carbocycles. The van der Waals surface area contributed by atoms with Gasteiger partial charge < -0.3 is 14.3 Å². The van der Waals surface area contributed by atoms with Crippen molar-refractivity contribution in [3.05, 3.63) is 30.2 Å². The summed E-state index contributed by atoms with van der Waals surface area (Å²) in [5, 5.41) is 9.58. The lowest BCUT2D eigenvalue weighted by atomic mass is 9.90. The molecule has 1 aromatic carbocycles. The highest BCUT2D eigenvalue weighted by atomic mass is 32.2. The summed E-state index contributed by atoms with van der Waals surface area (Å²) in [6.07, 6.45) is 0. The van der Waals surface area contributed by atoms with E-state index in [2.05, 4.69) is 11.9 Å². The van der Waals surface area contributed by atoms with E-state index in [-0.39, 0.29) is 17.3 Å².